The number of ether oxygens (including phenoxy) is 1. The van der Waals surface area contributed by atoms with Crippen LogP contribution < -0.4 is 5.32 Å². The van der Waals surface area contributed by atoms with Crippen molar-refractivity contribution in [2.24, 2.45) is 23.7 Å². The summed E-state index contributed by atoms with van der Waals surface area (Å²) in [7, 11) is 0. The lowest BCUT2D eigenvalue weighted by atomic mass is 9.79. The zero-order valence-electron chi connectivity index (χ0n) is 11.3. The summed E-state index contributed by atoms with van der Waals surface area (Å²) in [5, 5.41) is 3.47. The highest BCUT2D eigenvalue weighted by Gasteiger charge is 2.63. The molecule has 1 amide bonds. The molecule has 3 fully saturated rings. The molecule has 5 atom stereocenters. The molecule has 4 rings (SSSR count). The van der Waals surface area contributed by atoms with E-state index in [2.05, 4.69) is 21.2 Å². The Hall–Kier alpha value is -0.780. The highest BCUT2D eigenvalue weighted by atomic mass is 79.9. The first-order valence-electron chi connectivity index (χ1n) is 7.12. The molecule has 1 heterocycles. The summed E-state index contributed by atoms with van der Waals surface area (Å²) >= 11 is 15.5. The van der Waals surface area contributed by atoms with E-state index >= 15 is 0 Å². The second-order valence-electron chi connectivity index (χ2n) is 6.13. The summed E-state index contributed by atoms with van der Waals surface area (Å²) in [6, 6.07) is 3.42. The van der Waals surface area contributed by atoms with Gasteiger partial charge in [0.15, 0.2) is 0 Å². The predicted octanol–water partition coefficient (Wildman–Crippen LogP) is 3.89. The minimum atomic E-state index is -0.324. The third-order valence-corrected chi connectivity index (χ3v) is 6.85. The van der Waals surface area contributed by atoms with Gasteiger partial charge >= 0.3 is 5.97 Å². The number of carbonyl (C=O) groups excluding carboxylic acids is 2. The van der Waals surface area contributed by atoms with Crippen molar-refractivity contribution in [2.75, 3.05) is 5.32 Å². The first-order valence-corrected chi connectivity index (χ1v) is 8.67. The first-order chi connectivity index (χ1) is 10.5. The van der Waals surface area contributed by atoms with Crippen molar-refractivity contribution in [3.8, 4) is 0 Å². The van der Waals surface area contributed by atoms with E-state index in [9.17, 15) is 9.59 Å². The highest BCUT2D eigenvalue weighted by Crippen LogP contribution is 2.57. The molecule has 4 nitrogen and oxygen atoms in total. The summed E-state index contributed by atoms with van der Waals surface area (Å²) in [6.45, 7) is 0. The van der Waals surface area contributed by atoms with Gasteiger partial charge in [-0.15, -0.1) is 0 Å². The number of amides is 1. The standard InChI is InChI=1S/C15H12BrCl2NO3/c16-7-1-2-8(13(18)12(7)17)19-14(20)10-5-3-6-9(4-5)22-15(21)11(6)10/h1-2,5-6,9-11H,3-4H2,(H,19,20)/t5-,6+,9+,10-,11-/m1/s1. The number of fused-ring (bicyclic) bond motifs is 1. The van der Waals surface area contributed by atoms with Crippen LogP contribution in [0.1, 0.15) is 12.8 Å². The largest absolute Gasteiger partial charge is 0.462 e. The Morgan fingerprint density at radius 3 is 2.82 bits per heavy atom. The van der Waals surface area contributed by atoms with Crippen molar-refractivity contribution in [1.82, 2.24) is 0 Å². The second kappa shape index (κ2) is 5.11. The van der Waals surface area contributed by atoms with Crippen molar-refractivity contribution >= 4 is 56.7 Å². The van der Waals surface area contributed by atoms with E-state index in [1.165, 1.54) is 0 Å². The molecule has 0 spiro atoms. The molecule has 1 aromatic rings. The van der Waals surface area contributed by atoms with Gasteiger partial charge in [0.25, 0.3) is 0 Å². The highest BCUT2D eigenvalue weighted by molar-refractivity contribution is 9.10. The molecule has 22 heavy (non-hydrogen) atoms. The van der Waals surface area contributed by atoms with Crippen LogP contribution >= 0.6 is 39.1 Å². The van der Waals surface area contributed by atoms with Crippen LogP contribution in [0.25, 0.3) is 0 Å². The number of hydrogen-bond acceptors (Lipinski definition) is 3. The van der Waals surface area contributed by atoms with Gasteiger partial charge < -0.3 is 10.1 Å². The fourth-order valence-corrected chi connectivity index (χ4v) is 5.02. The van der Waals surface area contributed by atoms with E-state index in [0.717, 1.165) is 12.8 Å². The number of rotatable bonds is 2. The number of benzene rings is 1. The van der Waals surface area contributed by atoms with Crippen LogP contribution in [0, 0.1) is 23.7 Å². The van der Waals surface area contributed by atoms with Crippen LogP contribution in [0.4, 0.5) is 5.69 Å². The lowest BCUT2D eigenvalue weighted by Gasteiger charge is -2.23. The van der Waals surface area contributed by atoms with Gasteiger partial charge in [-0.05, 0) is 46.8 Å². The number of anilines is 1. The molecule has 0 radical (unpaired) electrons. The molecule has 0 unspecified atom stereocenters. The summed E-state index contributed by atoms with van der Waals surface area (Å²) in [4.78, 5) is 24.6. The van der Waals surface area contributed by atoms with Crippen LogP contribution in [-0.2, 0) is 14.3 Å². The molecule has 1 saturated heterocycles. The fourth-order valence-electron chi connectivity index (χ4n) is 4.20. The van der Waals surface area contributed by atoms with E-state index in [0.29, 0.717) is 20.2 Å². The molecule has 2 aliphatic carbocycles. The quantitative estimate of drug-likeness (QED) is 0.600. The molecule has 2 bridgehead atoms. The van der Waals surface area contributed by atoms with Gasteiger partial charge in [0.2, 0.25) is 5.91 Å². The molecule has 1 aromatic carbocycles. The normalized spacial score (nSPS) is 34.9. The number of nitrogens with one attached hydrogen (secondary N) is 1. The molecule has 1 aliphatic heterocycles. The molecule has 1 N–H and O–H groups in total. The molecular weight excluding hydrogens is 393 g/mol. The Balaban J connectivity index is 1.59. The zero-order valence-corrected chi connectivity index (χ0v) is 14.4. The first kappa shape index (κ1) is 14.8. The molecule has 116 valence electrons. The van der Waals surface area contributed by atoms with Crippen molar-refractivity contribution in [1.29, 1.82) is 0 Å². The Kier molecular flexibility index (Phi) is 3.44. The van der Waals surface area contributed by atoms with Crippen molar-refractivity contribution in [3.05, 3.63) is 26.7 Å². The van der Waals surface area contributed by atoms with Gasteiger partial charge in [-0.25, -0.2) is 0 Å². The van der Waals surface area contributed by atoms with Crippen LogP contribution in [0.2, 0.25) is 10.0 Å². The van der Waals surface area contributed by atoms with Gasteiger partial charge in [0.1, 0.15) is 6.10 Å². The maximum Gasteiger partial charge on any atom is 0.310 e. The summed E-state index contributed by atoms with van der Waals surface area (Å²) in [5.41, 5.74) is 0.463. The minimum absolute atomic E-state index is 0.0252. The van der Waals surface area contributed by atoms with Crippen LogP contribution in [-0.4, -0.2) is 18.0 Å². The third kappa shape index (κ3) is 2.02. The summed E-state index contributed by atoms with van der Waals surface area (Å²) in [5.74, 6) is -0.596. The van der Waals surface area contributed by atoms with E-state index in [1.807, 2.05) is 0 Å². The van der Waals surface area contributed by atoms with Gasteiger partial charge in [0, 0.05) is 10.4 Å². The van der Waals surface area contributed by atoms with E-state index in [1.54, 1.807) is 12.1 Å². The average molecular weight is 405 g/mol. The number of hydrogen-bond donors (Lipinski definition) is 1. The molecule has 7 heteroatoms. The van der Waals surface area contributed by atoms with Crippen molar-refractivity contribution in [3.63, 3.8) is 0 Å². The van der Waals surface area contributed by atoms with Gasteiger partial charge in [-0.2, -0.15) is 0 Å². The molecular formula is C15H12BrCl2NO3. The maximum absolute atomic E-state index is 12.7. The smallest absolute Gasteiger partial charge is 0.310 e. The Labute approximate surface area is 145 Å². The predicted molar refractivity (Wildman–Crippen MR) is 85.9 cm³/mol. The number of carbonyl (C=O) groups is 2. The van der Waals surface area contributed by atoms with E-state index in [4.69, 9.17) is 27.9 Å². The Morgan fingerprint density at radius 1 is 1.27 bits per heavy atom. The second-order valence-corrected chi connectivity index (χ2v) is 7.74. The van der Waals surface area contributed by atoms with Crippen molar-refractivity contribution < 1.29 is 14.3 Å². The SMILES string of the molecule is O=C(Nc1ccc(Br)c(Cl)c1Cl)[C@@H]1[C@@H]2C[C@@H]3[C@H]1C(=O)O[C@H]3C2. The monoisotopic (exact) mass is 403 g/mol. The van der Waals surface area contributed by atoms with Crippen LogP contribution in [0.5, 0.6) is 0 Å². The molecule has 2 saturated carbocycles. The summed E-state index contributed by atoms with van der Waals surface area (Å²) < 4.78 is 6.02. The minimum Gasteiger partial charge on any atom is -0.462 e. The topological polar surface area (TPSA) is 55.4 Å². The molecule has 0 aromatic heterocycles. The maximum atomic E-state index is 12.7. The van der Waals surface area contributed by atoms with Crippen LogP contribution in [0.15, 0.2) is 16.6 Å². The lowest BCUT2D eigenvalue weighted by molar-refractivity contribution is -0.145. The number of halogens is 3. The number of esters is 1. The van der Waals surface area contributed by atoms with Crippen LogP contribution in [0.3, 0.4) is 0 Å². The van der Waals surface area contributed by atoms with Gasteiger partial charge in [-0.1, -0.05) is 23.2 Å². The van der Waals surface area contributed by atoms with Crippen molar-refractivity contribution in [2.45, 2.75) is 18.9 Å². The zero-order chi connectivity index (χ0) is 15.6. The fraction of sp³-hybridized carbons (Fsp3) is 0.467. The Morgan fingerprint density at radius 2 is 2.05 bits per heavy atom. The lowest BCUT2D eigenvalue weighted by Crippen LogP contribution is -2.35. The molecule has 3 aliphatic rings. The van der Waals surface area contributed by atoms with Gasteiger partial charge in [-0.3, -0.25) is 9.59 Å². The summed E-state index contributed by atoms with van der Waals surface area (Å²) in [6.07, 6.45) is 1.71. The average Bonchev–Trinajstić information content (AvgIpc) is 3.09. The third-order valence-electron chi connectivity index (χ3n) is 5.08. The van der Waals surface area contributed by atoms with E-state index in [-0.39, 0.29) is 41.7 Å². The van der Waals surface area contributed by atoms with E-state index < -0.39 is 0 Å². The Bertz CT molecular complexity index is 694. The van der Waals surface area contributed by atoms with Gasteiger partial charge in [0.05, 0.1) is 27.6 Å².